The average Bonchev–Trinajstić information content (AvgIpc) is 2.59. The molecule has 92 valence electrons. The topological polar surface area (TPSA) is 63.0 Å². The Labute approximate surface area is 104 Å². The molecule has 1 unspecified atom stereocenters. The lowest BCUT2D eigenvalue weighted by atomic mass is 10.0. The van der Waals surface area contributed by atoms with Crippen LogP contribution in [0.15, 0.2) is 16.9 Å². The fraction of sp³-hybridized carbons (Fsp3) is 0.545. The van der Waals surface area contributed by atoms with E-state index in [1.54, 1.807) is 6.07 Å². The van der Waals surface area contributed by atoms with Gasteiger partial charge in [-0.25, -0.2) is 9.89 Å². The molecular weight excluding hydrogens is 240 g/mol. The summed E-state index contributed by atoms with van der Waals surface area (Å²) in [4.78, 5) is 11.3. The molecule has 5 nitrogen and oxygen atoms in total. The van der Waals surface area contributed by atoms with E-state index < -0.39 is 0 Å². The van der Waals surface area contributed by atoms with Gasteiger partial charge in [-0.15, -0.1) is 11.6 Å². The smallest absolute Gasteiger partial charge is 0.244 e. The van der Waals surface area contributed by atoms with Crippen molar-refractivity contribution >= 4 is 17.2 Å². The molecule has 2 aromatic rings. The van der Waals surface area contributed by atoms with E-state index in [1.165, 1.54) is 4.52 Å². The van der Waals surface area contributed by atoms with Crippen LogP contribution in [0.2, 0.25) is 0 Å². The number of aromatic amines is 1. The molecule has 2 aromatic heterocycles. The van der Waals surface area contributed by atoms with Crippen molar-refractivity contribution in [2.45, 2.75) is 32.1 Å². The molecular formula is C11H15ClN4O. The number of aromatic nitrogens is 4. The van der Waals surface area contributed by atoms with Crippen molar-refractivity contribution in [3.8, 4) is 0 Å². The van der Waals surface area contributed by atoms with Gasteiger partial charge in [-0.1, -0.05) is 13.8 Å². The zero-order chi connectivity index (χ0) is 12.4. The minimum absolute atomic E-state index is 0.0440. The van der Waals surface area contributed by atoms with Crippen molar-refractivity contribution in [1.29, 1.82) is 0 Å². The van der Waals surface area contributed by atoms with Crippen LogP contribution in [-0.2, 0) is 6.42 Å². The fourth-order valence-corrected chi connectivity index (χ4v) is 2.29. The molecule has 2 rings (SSSR count). The van der Waals surface area contributed by atoms with Gasteiger partial charge >= 0.3 is 5.69 Å². The lowest BCUT2D eigenvalue weighted by Gasteiger charge is -2.10. The summed E-state index contributed by atoms with van der Waals surface area (Å²) in [5.41, 5.74) is 1.01. The van der Waals surface area contributed by atoms with E-state index in [9.17, 15) is 4.79 Å². The standard InChI is InChI=1S/C11H15ClN4O/c1-7(2)5-8(12)6-9-3-4-10-13-14-11(17)16(10)15-9/h3-4,7-8H,5-6H2,1-2H3,(H,14,17). The first-order valence-electron chi connectivity index (χ1n) is 5.63. The van der Waals surface area contributed by atoms with Crippen LogP contribution in [0.3, 0.4) is 0 Å². The van der Waals surface area contributed by atoms with Gasteiger partial charge in [-0.2, -0.15) is 14.7 Å². The summed E-state index contributed by atoms with van der Waals surface area (Å²) in [6.45, 7) is 4.26. The van der Waals surface area contributed by atoms with Crippen molar-refractivity contribution in [2.24, 2.45) is 5.92 Å². The van der Waals surface area contributed by atoms with Gasteiger partial charge < -0.3 is 0 Å². The van der Waals surface area contributed by atoms with Gasteiger partial charge in [0, 0.05) is 11.8 Å². The number of halogens is 1. The molecule has 0 radical (unpaired) electrons. The third-order valence-corrected chi connectivity index (χ3v) is 2.82. The largest absolute Gasteiger partial charge is 0.364 e. The molecule has 6 heteroatoms. The molecule has 0 aliphatic heterocycles. The van der Waals surface area contributed by atoms with Crippen LogP contribution in [0, 0.1) is 5.92 Å². The Morgan fingerprint density at radius 3 is 2.94 bits per heavy atom. The minimum atomic E-state index is -0.322. The number of rotatable bonds is 4. The average molecular weight is 255 g/mol. The molecule has 0 aliphatic rings. The number of alkyl halides is 1. The van der Waals surface area contributed by atoms with Crippen LogP contribution in [0.1, 0.15) is 26.0 Å². The van der Waals surface area contributed by atoms with Gasteiger partial charge in [0.2, 0.25) is 0 Å². The van der Waals surface area contributed by atoms with Gasteiger partial charge in [0.25, 0.3) is 0 Å². The number of nitrogens with one attached hydrogen (secondary N) is 1. The third kappa shape index (κ3) is 2.85. The van der Waals surface area contributed by atoms with Crippen LogP contribution < -0.4 is 5.69 Å². The molecule has 0 saturated carbocycles. The fourth-order valence-electron chi connectivity index (χ4n) is 1.77. The number of nitrogens with zero attached hydrogens (tertiary/aromatic N) is 3. The zero-order valence-corrected chi connectivity index (χ0v) is 10.6. The predicted octanol–water partition coefficient (Wildman–Crippen LogP) is 1.61. The van der Waals surface area contributed by atoms with E-state index in [0.717, 1.165) is 12.1 Å². The van der Waals surface area contributed by atoms with Crippen LogP contribution in [0.4, 0.5) is 0 Å². The Hall–Kier alpha value is -1.36. The maximum atomic E-state index is 11.3. The van der Waals surface area contributed by atoms with Gasteiger partial charge in [0.15, 0.2) is 5.65 Å². The maximum Gasteiger partial charge on any atom is 0.364 e. The number of fused-ring (bicyclic) bond motifs is 1. The molecule has 0 amide bonds. The Balaban J connectivity index is 2.19. The van der Waals surface area contributed by atoms with Crippen molar-refractivity contribution in [3.05, 3.63) is 28.3 Å². The zero-order valence-electron chi connectivity index (χ0n) is 9.85. The molecule has 2 heterocycles. The van der Waals surface area contributed by atoms with E-state index in [1.807, 2.05) is 6.07 Å². The highest BCUT2D eigenvalue weighted by Crippen LogP contribution is 2.14. The Morgan fingerprint density at radius 1 is 1.47 bits per heavy atom. The van der Waals surface area contributed by atoms with E-state index in [2.05, 4.69) is 29.1 Å². The summed E-state index contributed by atoms with van der Waals surface area (Å²) in [5, 5.41) is 10.4. The molecule has 0 aliphatic carbocycles. The summed E-state index contributed by atoms with van der Waals surface area (Å²) in [5.74, 6) is 0.554. The third-order valence-electron chi connectivity index (χ3n) is 2.49. The van der Waals surface area contributed by atoms with Gasteiger partial charge in [-0.3, -0.25) is 0 Å². The van der Waals surface area contributed by atoms with Crippen LogP contribution in [0.5, 0.6) is 0 Å². The summed E-state index contributed by atoms with van der Waals surface area (Å²) < 4.78 is 1.26. The van der Waals surface area contributed by atoms with E-state index in [-0.39, 0.29) is 11.1 Å². The highest BCUT2D eigenvalue weighted by Gasteiger charge is 2.10. The molecule has 0 saturated heterocycles. The van der Waals surface area contributed by atoms with Crippen LogP contribution in [-0.4, -0.2) is 25.2 Å². The second-order valence-corrected chi connectivity index (χ2v) is 5.17. The van der Waals surface area contributed by atoms with Crippen LogP contribution >= 0.6 is 11.6 Å². The first-order valence-corrected chi connectivity index (χ1v) is 6.07. The molecule has 1 N–H and O–H groups in total. The molecule has 0 spiro atoms. The second-order valence-electron chi connectivity index (χ2n) is 4.55. The molecule has 1 atom stereocenters. The summed E-state index contributed by atoms with van der Waals surface area (Å²) in [7, 11) is 0. The first-order chi connectivity index (χ1) is 8.06. The van der Waals surface area contributed by atoms with Crippen molar-refractivity contribution in [2.75, 3.05) is 0 Å². The minimum Gasteiger partial charge on any atom is -0.244 e. The lowest BCUT2D eigenvalue weighted by Crippen LogP contribution is -2.15. The van der Waals surface area contributed by atoms with Crippen molar-refractivity contribution in [1.82, 2.24) is 19.8 Å². The van der Waals surface area contributed by atoms with E-state index in [0.29, 0.717) is 18.0 Å². The SMILES string of the molecule is CC(C)CC(Cl)Cc1ccc2n[nH]c(=O)n2n1. The van der Waals surface area contributed by atoms with E-state index in [4.69, 9.17) is 11.6 Å². The molecule has 0 fully saturated rings. The first kappa shape index (κ1) is 12.1. The Bertz CT molecular complexity index is 560. The summed E-state index contributed by atoms with van der Waals surface area (Å²) in [6.07, 6.45) is 1.59. The number of hydrogen-bond donors (Lipinski definition) is 1. The van der Waals surface area contributed by atoms with Gasteiger partial charge in [0.05, 0.1) is 5.69 Å². The van der Waals surface area contributed by atoms with Crippen molar-refractivity contribution < 1.29 is 0 Å². The molecule has 0 aromatic carbocycles. The highest BCUT2D eigenvalue weighted by atomic mass is 35.5. The van der Waals surface area contributed by atoms with Gasteiger partial charge in [-0.05, 0) is 24.5 Å². The molecule has 17 heavy (non-hydrogen) atoms. The lowest BCUT2D eigenvalue weighted by molar-refractivity contribution is 0.556. The Kier molecular flexibility index (Phi) is 3.47. The predicted molar refractivity (Wildman–Crippen MR) is 66.4 cm³/mol. The van der Waals surface area contributed by atoms with E-state index >= 15 is 0 Å². The van der Waals surface area contributed by atoms with Crippen molar-refractivity contribution in [3.63, 3.8) is 0 Å². The van der Waals surface area contributed by atoms with Crippen LogP contribution in [0.25, 0.3) is 5.65 Å². The monoisotopic (exact) mass is 254 g/mol. The Morgan fingerprint density at radius 2 is 2.24 bits per heavy atom. The van der Waals surface area contributed by atoms with Gasteiger partial charge in [0.1, 0.15) is 0 Å². The maximum absolute atomic E-state index is 11.3. The second kappa shape index (κ2) is 4.87. The molecule has 0 bridgehead atoms. The highest BCUT2D eigenvalue weighted by molar-refractivity contribution is 6.20. The number of hydrogen-bond acceptors (Lipinski definition) is 3. The quantitative estimate of drug-likeness (QED) is 0.844. The number of H-pyrrole nitrogens is 1. The normalized spacial score (nSPS) is 13.4. The summed E-state index contributed by atoms with van der Waals surface area (Å²) in [6, 6.07) is 3.62. The summed E-state index contributed by atoms with van der Waals surface area (Å²) >= 11 is 6.22.